The molecule has 2 heterocycles. The Kier molecular flexibility index (Phi) is 9.23. The number of nitriles is 1. The van der Waals surface area contributed by atoms with Crippen LogP contribution in [0.5, 0.6) is 0 Å². The van der Waals surface area contributed by atoms with Crippen LogP contribution in [0.1, 0.15) is 57.8 Å². The topological polar surface area (TPSA) is 50.6 Å². The summed E-state index contributed by atoms with van der Waals surface area (Å²) in [5.41, 5.74) is 4.66. The number of aryl methyl sites for hydroxylation is 1. The Morgan fingerprint density at radius 3 is 2.63 bits per heavy atom. The zero-order valence-corrected chi connectivity index (χ0v) is 24.4. The summed E-state index contributed by atoms with van der Waals surface area (Å²) in [6.07, 6.45) is 4.97. The van der Waals surface area contributed by atoms with Gasteiger partial charge in [0.1, 0.15) is 0 Å². The first-order valence-corrected chi connectivity index (χ1v) is 15.6. The molecule has 0 saturated carbocycles. The number of carbonyl (C=O) groups is 1. The van der Waals surface area contributed by atoms with Crippen molar-refractivity contribution < 1.29 is 4.79 Å². The predicted octanol–water partition coefficient (Wildman–Crippen LogP) is 5.72. The number of halogens is 2. The SMILES string of the molecule is CN(C[C@@H](CCN1CC(N2CCSCC2)C1)c1ccc(Cl)c(Cl)c1)C(=O)c1cc(C#N)cc2c1CCCC2. The number of hydrogen-bond acceptors (Lipinski definition) is 5. The van der Waals surface area contributed by atoms with E-state index in [2.05, 4.69) is 27.6 Å². The second kappa shape index (κ2) is 12.6. The lowest BCUT2D eigenvalue weighted by Gasteiger charge is -2.47. The van der Waals surface area contributed by atoms with E-state index in [-0.39, 0.29) is 11.8 Å². The van der Waals surface area contributed by atoms with Crippen molar-refractivity contribution in [2.75, 3.05) is 57.8 Å². The van der Waals surface area contributed by atoms with Crippen LogP contribution in [0.2, 0.25) is 10.0 Å². The molecule has 1 amide bonds. The molecule has 8 heteroatoms. The lowest BCUT2D eigenvalue weighted by atomic mass is 9.86. The summed E-state index contributed by atoms with van der Waals surface area (Å²) in [7, 11) is 1.88. The third kappa shape index (κ3) is 6.35. The molecule has 0 spiro atoms. The Labute approximate surface area is 241 Å². The molecule has 202 valence electrons. The molecule has 0 radical (unpaired) electrons. The maximum atomic E-state index is 13.7. The Hall–Kier alpha value is -1.75. The Balaban J connectivity index is 1.29. The van der Waals surface area contributed by atoms with E-state index >= 15 is 0 Å². The van der Waals surface area contributed by atoms with Crippen LogP contribution in [-0.2, 0) is 12.8 Å². The highest BCUT2D eigenvalue weighted by molar-refractivity contribution is 7.99. The second-order valence-corrected chi connectivity index (χ2v) is 12.9. The Morgan fingerprint density at radius 1 is 1.13 bits per heavy atom. The van der Waals surface area contributed by atoms with E-state index in [4.69, 9.17) is 23.2 Å². The smallest absolute Gasteiger partial charge is 0.253 e. The van der Waals surface area contributed by atoms with Crippen LogP contribution in [0, 0.1) is 11.3 Å². The maximum absolute atomic E-state index is 13.7. The normalized spacial score (nSPS) is 19.3. The maximum Gasteiger partial charge on any atom is 0.253 e. The number of hydrogen-bond donors (Lipinski definition) is 0. The van der Waals surface area contributed by atoms with Crippen molar-refractivity contribution in [3.05, 3.63) is 68.2 Å². The van der Waals surface area contributed by atoms with E-state index in [9.17, 15) is 10.1 Å². The average Bonchev–Trinajstić information content (AvgIpc) is 2.92. The van der Waals surface area contributed by atoms with Gasteiger partial charge >= 0.3 is 0 Å². The predicted molar refractivity (Wildman–Crippen MR) is 158 cm³/mol. The first-order chi connectivity index (χ1) is 18.4. The van der Waals surface area contributed by atoms with Crippen LogP contribution in [0.3, 0.4) is 0 Å². The van der Waals surface area contributed by atoms with Gasteiger partial charge in [-0.1, -0.05) is 29.3 Å². The van der Waals surface area contributed by atoms with E-state index in [1.807, 2.05) is 36.2 Å². The summed E-state index contributed by atoms with van der Waals surface area (Å²) in [5, 5.41) is 10.7. The van der Waals surface area contributed by atoms with Gasteiger partial charge in [-0.25, -0.2) is 0 Å². The lowest BCUT2D eigenvalue weighted by Crippen LogP contribution is -2.61. The molecular formula is C30H36Cl2N4OS. The highest BCUT2D eigenvalue weighted by Gasteiger charge is 2.33. The molecule has 2 aliphatic heterocycles. The van der Waals surface area contributed by atoms with E-state index in [1.165, 1.54) is 24.6 Å². The van der Waals surface area contributed by atoms with E-state index in [0.29, 0.717) is 33.8 Å². The number of rotatable bonds is 8. The molecule has 38 heavy (non-hydrogen) atoms. The molecule has 5 nitrogen and oxygen atoms in total. The molecule has 5 rings (SSSR count). The summed E-state index contributed by atoms with van der Waals surface area (Å²) in [4.78, 5) is 20.8. The molecule has 2 fully saturated rings. The summed E-state index contributed by atoms with van der Waals surface area (Å²) in [6.45, 7) is 6.24. The number of likely N-dealkylation sites (tertiary alicyclic amines) is 1. The summed E-state index contributed by atoms with van der Waals surface area (Å²) in [6, 6.07) is 12.5. The Morgan fingerprint density at radius 2 is 1.89 bits per heavy atom. The number of thioether (sulfide) groups is 1. The highest BCUT2D eigenvalue weighted by Crippen LogP contribution is 2.31. The highest BCUT2D eigenvalue weighted by atomic mass is 35.5. The molecule has 2 aromatic rings. The number of fused-ring (bicyclic) bond motifs is 1. The van der Waals surface area contributed by atoms with Crippen LogP contribution < -0.4 is 0 Å². The first-order valence-electron chi connectivity index (χ1n) is 13.7. The van der Waals surface area contributed by atoms with Crippen molar-refractivity contribution in [3.63, 3.8) is 0 Å². The second-order valence-electron chi connectivity index (χ2n) is 10.9. The minimum atomic E-state index is -0.00251. The monoisotopic (exact) mass is 570 g/mol. The number of amides is 1. The molecule has 0 aromatic heterocycles. The van der Waals surface area contributed by atoms with E-state index in [0.717, 1.165) is 68.4 Å². The van der Waals surface area contributed by atoms with Crippen molar-refractivity contribution >= 4 is 40.9 Å². The molecule has 1 atom stereocenters. The van der Waals surface area contributed by atoms with Gasteiger partial charge in [0.05, 0.1) is 21.7 Å². The molecule has 1 aliphatic carbocycles. The van der Waals surface area contributed by atoms with E-state index < -0.39 is 0 Å². The number of carbonyl (C=O) groups excluding carboxylic acids is 1. The summed E-state index contributed by atoms with van der Waals surface area (Å²) >= 11 is 14.7. The summed E-state index contributed by atoms with van der Waals surface area (Å²) < 4.78 is 0. The number of nitrogens with zero attached hydrogens (tertiary/aromatic N) is 4. The van der Waals surface area contributed by atoms with Gasteiger partial charge < -0.3 is 9.80 Å². The van der Waals surface area contributed by atoms with Gasteiger partial charge in [0, 0.05) is 68.8 Å². The van der Waals surface area contributed by atoms with Gasteiger partial charge in [-0.3, -0.25) is 9.69 Å². The fraction of sp³-hybridized carbons (Fsp3) is 0.533. The van der Waals surface area contributed by atoms with Crippen molar-refractivity contribution in [1.82, 2.24) is 14.7 Å². The van der Waals surface area contributed by atoms with Crippen LogP contribution in [0.15, 0.2) is 30.3 Å². The standard InChI is InChI=1S/C30H36Cl2N4OS/c1-34(30(37)27-15-21(17-33)14-23-4-2-3-5-26(23)27)18-24(22-6-7-28(31)29(32)16-22)8-9-35-19-25(20-35)36-10-12-38-13-11-36/h6-7,14-16,24-25H,2-5,8-13,18-20H2,1H3/t24-/m1/s1. The summed E-state index contributed by atoms with van der Waals surface area (Å²) in [5.74, 6) is 2.63. The van der Waals surface area contributed by atoms with Crippen molar-refractivity contribution in [1.29, 1.82) is 5.26 Å². The zero-order valence-electron chi connectivity index (χ0n) is 22.1. The van der Waals surface area contributed by atoms with Gasteiger partial charge in [0.2, 0.25) is 0 Å². The van der Waals surface area contributed by atoms with Crippen LogP contribution in [0.4, 0.5) is 0 Å². The molecule has 0 bridgehead atoms. The third-order valence-electron chi connectivity index (χ3n) is 8.37. The van der Waals surface area contributed by atoms with Crippen molar-refractivity contribution in [2.24, 2.45) is 0 Å². The lowest BCUT2D eigenvalue weighted by molar-refractivity contribution is 0.0371. The van der Waals surface area contributed by atoms with Gasteiger partial charge in [0.15, 0.2) is 0 Å². The van der Waals surface area contributed by atoms with E-state index in [1.54, 1.807) is 6.07 Å². The van der Waals surface area contributed by atoms with Crippen LogP contribution in [-0.4, -0.2) is 84.5 Å². The van der Waals surface area contributed by atoms with Crippen molar-refractivity contribution in [3.8, 4) is 6.07 Å². The zero-order chi connectivity index (χ0) is 26.6. The van der Waals surface area contributed by atoms with Gasteiger partial charge in [-0.2, -0.15) is 17.0 Å². The molecule has 0 N–H and O–H groups in total. The quantitative estimate of drug-likeness (QED) is 0.406. The molecule has 2 saturated heterocycles. The van der Waals surface area contributed by atoms with Crippen LogP contribution >= 0.6 is 35.0 Å². The fourth-order valence-corrected chi connectivity index (χ4v) is 7.35. The van der Waals surface area contributed by atoms with Gasteiger partial charge in [0.25, 0.3) is 5.91 Å². The third-order valence-corrected chi connectivity index (χ3v) is 10.1. The van der Waals surface area contributed by atoms with Gasteiger partial charge in [-0.05, 0) is 79.6 Å². The van der Waals surface area contributed by atoms with Crippen LogP contribution in [0.25, 0.3) is 0 Å². The minimum Gasteiger partial charge on any atom is -0.341 e. The number of likely N-dealkylation sites (N-methyl/N-ethyl adjacent to an activating group) is 1. The average molecular weight is 572 g/mol. The molecule has 2 aromatic carbocycles. The molecular weight excluding hydrogens is 535 g/mol. The first kappa shape index (κ1) is 27.8. The fourth-order valence-electron chi connectivity index (χ4n) is 6.11. The minimum absolute atomic E-state index is 0.00251. The van der Waals surface area contributed by atoms with Crippen molar-refractivity contribution in [2.45, 2.75) is 44.1 Å². The molecule has 0 unspecified atom stereocenters. The van der Waals surface area contributed by atoms with Gasteiger partial charge in [-0.15, -0.1) is 0 Å². The number of benzene rings is 2. The molecule has 3 aliphatic rings. The Bertz CT molecular complexity index is 1200. The largest absolute Gasteiger partial charge is 0.341 e.